The van der Waals surface area contributed by atoms with Crippen molar-refractivity contribution in [3.63, 3.8) is 0 Å². The van der Waals surface area contributed by atoms with Gasteiger partial charge in [-0.3, -0.25) is 4.79 Å². The molecule has 2 rings (SSSR count). The van der Waals surface area contributed by atoms with Crippen molar-refractivity contribution in [2.75, 3.05) is 11.9 Å². The molecule has 3 N–H and O–H groups in total. The van der Waals surface area contributed by atoms with Crippen molar-refractivity contribution in [2.24, 2.45) is 5.73 Å². The Morgan fingerprint density at radius 1 is 1.50 bits per heavy atom. The summed E-state index contributed by atoms with van der Waals surface area (Å²) < 4.78 is 5.59. The summed E-state index contributed by atoms with van der Waals surface area (Å²) in [5.41, 5.74) is 5.97. The van der Waals surface area contributed by atoms with E-state index in [-0.39, 0.29) is 25.0 Å². The molecule has 106 valence electrons. The number of nitrogens with one attached hydrogen (secondary N) is 1. The molecule has 0 aliphatic heterocycles. The number of carbonyl (C=O) groups is 1. The van der Waals surface area contributed by atoms with E-state index >= 15 is 0 Å². The van der Waals surface area contributed by atoms with Crippen molar-refractivity contribution in [3.8, 4) is 5.75 Å². The van der Waals surface area contributed by atoms with E-state index in [1.807, 2.05) is 36.6 Å². The van der Waals surface area contributed by atoms with Gasteiger partial charge in [0.1, 0.15) is 10.8 Å². The SMILES string of the molecule is CC(Nc1ccccc1OCCC(N)=O)c1nccs1. The Bertz CT molecular complexity index is 557. The highest BCUT2D eigenvalue weighted by Gasteiger charge is 2.11. The molecule has 1 amide bonds. The first-order valence-corrected chi connectivity index (χ1v) is 7.21. The molecule has 1 aromatic heterocycles. The predicted molar refractivity (Wildman–Crippen MR) is 79.9 cm³/mol. The van der Waals surface area contributed by atoms with Crippen molar-refractivity contribution in [1.29, 1.82) is 0 Å². The molecule has 1 heterocycles. The Hall–Kier alpha value is -2.08. The zero-order valence-corrected chi connectivity index (χ0v) is 12.0. The summed E-state index contributed by atoms with van der Waals surface area (Å²) in [5.74, 6) is 0.337. The first-order valence-electron chi connectivity index (χ1n) is 6.33. The van der Waals surface area contributed by atoms with Gasteiger partial charge in [-0.05, 0) is 19.1 Å². The van der Waals surface area contributed by atoms with E-state index in [0.29, 0.717) is 5.75 Å². The van der Waals surface area contributed by atoms with Crippen LogP contribution in [-0.4, -0.2) is 17.5 Å². The maximum absolute atomic E-state index is 10.7. The van der Waals surface area contributed by atoms with Crippen LogP contribution < -0.4 is 15.8 Å². The maximum atomic E-state index is 10.7. The van der Waals surface area contributed by atoms with Crippen LogP contribution in [0.25, 0.3) is 0 Å². The van der Waals surface area contributed by atoms with Gasteiger partial charge in [-0.15, -0.1) is 11.3 Å². The molecule has 0 saturated carbocycles. The summed E-state index contributed by atoms with van der Waals surface area (Å²) in [6.07, 6.45) is 1.99. The third-order valence-electron chi connectivity index (χ3n) is 2.69. The first kappa shape index (κ1) is 14.3. The Morgan fingerprint density at radius 2 is 2.30 bits per heavy atom. The Kier molecular flexibility index (Phi) is 4.95. The van der Waals surface area contributed by atoms with Gasteiger partial charge in [0.2, 0.25) is 5.91 Å². The minimum atomic E-state index is -0.369. The van der Waals surface area contributed by atoms with E-state index in [9.17, 15) is 4.79 Å². The van der Waals surface area contributed by atoms with Gasteiger partial charge in [0.05, 0.1) is 24.8 Å². The third-order valence-corrected chi connectivity index (χ3v) is 3.65. The number of rotatable bonds is 7. The molecule has 2 aromatic rings. The number of nitrogens with two attached hydrogens (primary N) is 1. The van der Waals surface area contributed by atoms with E-state index in [1.54, 1.807) is 17.5 Å². The molecule has 0 fully saturated rings. The largest absolute Gasteiger partial charge is 0.491 e. The fourth-order valence-electron chi connectivity index (χ4n) is 1.72. The molecule has 0 bridgehead atoms. The molecule has 0 aliphatic carbocycles. The van der Waals surface area contributed by atoms with Crippen LogP contribution in [-0.2, 0) is 4.79 Å². The van der Waals surface area contributed by atoms with Gasteiger partial charge in [0.15, 0.2) is 0 Å². The zero-order chi connectivity index (χ0) is 14.4. The lowest BCUT2D eigenvalue weighted by atomic mass is 10.2. The van der Waals surface area contributed by atoms with Gasteiger partial charge >= 0.3 is 0 Å². The normalized spacial score (nSPS) is 11.8. The fraction of sp³-hybridized carbons (Fsp3) is 0.286. The van der Waals surface area contributed by atoms with Gasteiger partial charge in [0, 0.05) is 11.6 Å². The van der Waals surface area contributed by atoms with Gasteiger partial charge in [0.25, 0.3) is 0 Å². The number of benzene rings is 1. The highest BCUT2D eigenvalue weighted by Crippen LogP contribution is 2.28. The summed E-state index contributed by atoms with van der Waals surface area (Å²) >= 11 is 1.60. The molecule has 1 atom stereocenters. The quantitative estimate of drug-likeness (QED) is 0.822. The summed E-state index contributed by atoms with van der Waals surface area (Å²) in [5, 5.41) is 6.32. The van der Waals surface area contributed by atoms with E-state index in [0.717, 1.165) is 10.7 Å². The Morgan fingerprint density at radius 3 is 3.00 bits per heavy atom. The molecule has 1 aromatic carbocycles. The third kappa shape index (κ3) is 3.96. The van der Waals surface area contributed by atoms with Gasteiger partial charge in [-0.25, -0.2) is 4.98 Å². The van der Waals surface area contributed by atoms with Crippen molar-refractivity contribution in [3.05, 3.63) is 40.8 Å². The summed E-state index contributed by atoms with van der Waals surface area (Å²) in [7, 11) is 0. The molecule has 6 heteroatoms. The van der Waals surface area contributed by atoms with Gasteiger partial charge in [-0.1, -0.05) is 12.1 Å². The topological polar surface area (TPSA) is 77.2 Å². The van der Waals surface area contributed by atoms with E-state index in [2.05, 4.69) is 10.3 Å². The van der Waals surface area contributed by atoms with Crippen LogP contribution in [0.4, 0.5) is 5.69 Å². The smallest absolute Gasteiger partial charge is 0.220 e. The molecule has 0 aliphatic rings. The number of primary amides is 1. The molecular formula is C14H17N3O2S. The monoisotopic (exact) mass is 291 g/mol. The van der Waals surface area contributed by atoms with Crippen LogP contribution in [0.3, 0.4) is 0 Å². The predicted octanol–water partition coefficient (Wildman–Crippen LogP) is 2.57. The number of nitrogens with zero attached hydrogens (tertiary/aromatic N) is 1. The maximum Gasteiger partial charge on any atom is 0.220 e. The number of thiazole rings is 1. The molecule has 0 saturated heterocycles. The minimum Gasteiger partial charge on any atom is -0.491 e. The molecule has 1 unspecified atom stereocenters. The highest BCUT2D eigenvalue weighted by molar-refractivity contribution is 7.09. The van der Waals surface area contributed by atoms with Crippen LogP contribution in [0.2, 0.25) is 0 Å². The number of carbonyl (C=O) groups excluding carboxylic acids is 1. The average molecular weight is 291 g/mol. The number of anilines is 1. The first-order chi connectivity index (χ1) is 9.66. The lowest BCUT2D eigenvalue weighted by Crippen LogP contribution is -2.15. The van der Waals surface area contributed by atoms with Crippen LogP contribution in [0.15, 0.2) is 35.8 Å². The van der Waals surface area contributed by atoms with E-state index in [4.69, 9.17) is 10.5 Å². The van der Waals surface area contributed by atoms with Crippen LogP contribution in [0.1, 0.15) is 24.4 Å². The number of amides is 1. The summed E-state index contributed by atoms with van der Waals surface area (Å²) in [6, 6.07) is 7.70. The minimum absolute atomic E-state index is 0.0934. The second-order valence-corrected chi connectivity index (χ2v) is 5.22. The molecular weight excluding hydrogens is 274 g/mol. The lowest BCUT2D eigenvalue weighted by Gasteiger charge is -2.16. The molecule has 0 spiro atoms. The van der Waals surface area contributed by atoms with Gasteiger partial charge < -0.3 is 15.8 Å². The Labute approximate surface area is 121 Å². The summed E-state index contributed by atoms with van der Waals surface area (Å²) in [6.45, 7) is 2.32. The molecule has 5 nitrogen and oxygen atoms in total. The van der Waals surface area contributed by atoms with E-state index in [1.165, 1.54) is 0 Å². The van der Waals surface area contributed by atoms with Crippen molar-refractivity contribution in [2.45, 2.75) is 19.4 Å². The number of aromatic nitrogens is 1. The van der Waals surface area contributed by atoms with Crippen molar-refractivity contribution >= 4 is 22.9 Å². The molecule has 20 heavy (non-hydrogen) atoms. The number of ether oxygens (including phenoxy) is 1. The van der Waals surface area contributed by atoms with Crippen LogP contribution >= 0.6 is 11.3 Å². The van der Waals surface area contributed by atoms with Gasteiger partial charge in [-0.2, -0.15) is 0 Å². The van der Waals surface area contributed by atoms with E-state index < -0.39 is 0 Å². The lowest BCUT2D eigenvalue weighted by molar-refractivity contribution is -0.118. The Balaban J connectivity index is 2.02. The number of hydrogen-bond donors (Lipinski definition) is 2. The second kappa shape index (κ2) is 6.91. The van der Waals surface area contributed by atoms with Crippen molar-refractivity contribution in [1.82, 2.24) is 4.98 Å². The number of hydrogen-bond acceptors (Lipinski definition) is 5. The highest BCUT2D eigenvalue weighted by atomic mass is 32.1. The van der Waals surface area contributed by atoms with Crippen molar-refractivity contribution < 1.29 is 9.53 Å². The summed E-state index contributed by atoms with van der Waals surface area (Å²) in [4.78, 5) is 15.0. The number of para-hydroxylation sites is 2. The standard InChI is InChI=1S/C14H17N3O2S/c1-10(14-16-7-9-20-14)17-11-4-2-3-5-12(11)19-8-6-13(15)18/h2-5,7,9-10,17H,6,8H2,1H3,(H2,15,18). The van der Waals surface area contributed by atoms with Crippen LogP contribution in [0, 0.1) is 0 Å². The zero-order valence-electron chi connectivity index (χ0n) is 11.2. The molecule has 0 radical (unpaired) electrons. The second-order valence-electron chi connectivity index (χ2n) is 4.30. The average Bonchev–Trinajstić information content (AvgIpc) is 2.94. The fourth-order valence-corrected chi connectivity index (χ4v) is 2.36. The van der Waals surface area contributed by atoms with Crippen LogP contribution in [0.5, 0.6) is 5.75 Å².